The molecule has 4 heteroatoms. The number of benzene rings is 1. The fourth-order valence-electron chi connectivity index (χ4n) is 2.76. The minimum atomic E-state index is -0.938. The summed E-state index contributed by atoms with van der Waals surface area (Å²) in [4.78, 5) is 23.2. The lowest BCUT2D eigenvalue weighted by Gasteiger charge is -2.13. The van der Waals surface area contributed by atoms with E-state index in [0.29, 0.717) is 22.3 Å². The van der Waals surface area contributed by atoms with Crippen LogP contribution < -0.4 is 5.43 Å². The highest BCUT2D eigenvalue weighted by Gasteiger charge is 2.14. The normalized spacial score (nSPS) is 15.0. The molecule has 1 aliphatic carbocycles. The van der Waals surface area contributed by atoms with Gasteiger partial charge in [-0.25, -0.2) is 0 Å². The number of carboxylic acids is 1. The van der Waals surface area contributed by atoms with Crippen LogP contribution in [0.3, 0.4) is 0 Å². The third-order valence-electron chi connectivity index (χ3n) is 3.79. The molecule has 1 aliphatic rings. The van der Waals surface area contributed by atoms with Crippen LogP contribution in [0.25, 0.3) is 16.5 Å². The summed E-state index contributed by atoms with van der Waals surface area (Å²) >= 11 is 0. The third-order valence-corrected chi connectivity index (χ3v) is 3.79. The van der Waals surface area contributed by atoms with E-state index in [9.17, 15) is 9.59 Å². The molecule has 1 N–H and O–H groups in total. The molecule has 21 heavy (non-hydrogen) atoms. The Balaban J connectivity index is 2.18. The van der Waals surface area contributed by atoms with Gasteiger partial charge in [0.05, 0.1) is 11.8 Å². The Labute approximate surface area is 121 Å². The number of carboxylic acid groups (broad SMARTS) is 1. The predicted molar refractivity (Wildman–Crippen MR) is 80.3 cm³/mol. The number of hydrogen-bond acceptors (Lipinski definition) is 3. The summed E-state index contributed by atoms with van der Waals surface area (Å²) in [6.45, 7) is 0. The summed E-state index contributed by atoms with van der Waals surface area (Å²) in [5.74, 6) is -0.363. The van der Waals surface area contributed by atoms with Gasteiger partial charge in [-0.1, -0.05) is 18.2 Å². The summed E-state index contributed by atoms with van der Waals surface area (Å²) in [6.07, 6.45) is 6.09. The number of carbonyl (C=O) groups is 1. The number of aliphatic carboxylic acids is 1. The molecule has 2 aromatic rings. The molecule has 0 spiro atoms. The lowest BCUT2D eigenvalue weighted by atomic mass is 9.97. The highest BCUT2D eigenvalue weighted by Crippen LogP contribution is 2.28. The van der Waals surface area contributed by atoms with Crippen molar-refractivity contribution in [2.24, 2.45) is 0 Å². The maximum atomic E-state index is 12.2. The van der Waals surface area contributed by atoms with E-state index in [4.69, 9.17) is 9.52 Å². The van der Waals surface area contributed by atoms with Crippen LogP contribution in [0, 0.1) is 0 Å². The molecular formula is C17H16O4. The van der Waals surface area contributed by atoms with Crippen molar-refractivity contribution in [2.75, 3.05) is 0 Å². The van der Waals surface area contributed by atoms with Gasteiger partial charge < -0.3 is 9.52 Å². The topological polar surface area (TPSA) is 67.5 Å². The van der Waals surface area contributed by atoms with Crippen LogP contribution in [0.4, 0.5) is 0 Å². The first kappa shape index (κ1) is 13.6. The van der Waals surface area contributed by atoms with Gasteiger partial charge in [0, 0.05) is 11.6 Å². The Morgan fingerprint density at radius 3 is 2.86 bits per heavy atom. The molecule has 0 unspecified atom stereocenters. The zero-order valence-electron chi connectivity index (χ0n) is 11.6. The fourth-order valence-corrected chi connectivity index (χ4v) is 2.76. The first-order valence-electron chi connectivity index (χ1n) is 7.12. The Hall–Kier alpha value is -2.36. The molecule has 108 valence electrons. The van der Waals surface area contributed by atoms with Crippen molar-refractivity contribution in [3.8, 4) is 0 Å². The molecule has 0 saturated carbocycles. The average molecular weight is 284 g/mol. The maximum absolute atomic E-state index is 12.2. The number of hydrogen-bond donors (Lipinski definition) is 1. The van der Waals surface area contributed by atoms with Gasteiger partial charge >= 0.3 is 5.97 Å². The molecule has 0 atom stereocenters. The van der Waals surface area contributed by atoms with Crippen molar-refractivity contribution in [1.29, 1.82) is 0 Å². The number of allylic oxidation sites excluding steroid dienone is 2. The SMILES string of the molecule is O=C(O)Cc1cccc2c(=O)cc(C3=CCCCC3)oc12. The van der Waals surface area contributed by atoms with Crippen LogP contribution in [0.1, 0.15) is 37.0 Å². The second kappa shape index (κ2) is 5.56. The zero-order valence-corrected chi connectivity index (χ0v) is 11.6. The van der Waals surface area contributed by atoms with Crippen molar-refractivity contribution in [1.82, 2.24) is 0 Å². The molecule has 0 aliphatic heterocycles. The maximum Gasteiger partial charge on any atom is 0.307 e. The van der Waals surface area contributed by atoms with Crippen molar-refractivity contribution < 1.29 is 14.3 Å². The number of rotatable bonds is 3. The first-order valence-corrected chi connectivity index (χ1v) is 7.12. The molecule has 0 saturated heterocycles. The van der Waals surface area contributed by atoms with Gasteiger partial charge in [0.2, 0.25) is 0 Å². The Morgan fingerprint density at radius 2 is 2.14 bits per heavy atom. The lowest BCUT2D eigenvalue weighted by Crippen LogP contribution is -2.06. The zero-order chi connectivity index (χ0) is 14.8. The molecule has 4 nitrogen and oxygen atoms in total. The van der Waals surface area contributed by atoms with Crippen LogP contribution in [0.2, 0.25) is 0 Å². The van der Waals surface area contributed by atoms with Crippen molar-refractivity contribution in [3.05, 3.63) is 51.9 Å². The summed E-state index contributed by atoms with van der Waals surface area (Å²) in [5.41, 5.74) is 1.86. The third kappa shape index (κ3) is 2.75. The molecule has 0 fully saturated rings. The van der Waals surface area contributed by atoms with E-state index < -0.39 is 5.97 Å². The molecular weight excluding hydrogens is 268 g/mol. The highest BCUT2D eigenvalue weighted by molar-refractivity contribution is 5.84. The molecule has 0 radical (unpaired) electrons. The largest absolute Gasteiger partial charge is 0.481 e. The molecule has 1 aromatic heterocycles. The summed E-state index contributed by atoms with van der Waals surface area (Å²) in [6, 6.07) is 6.57. The molecule has 0 bridgehead atoms. The fraction of sp³-hybridized carbons (Fsp3) is 0.294. The van der Waals surface area contributed by atoms with E-state index in [-0.39, 0.29) is 11.8 Å². The van der Waals surface area contributed by atoms with E-state index in [1.807, 2.05) is 0 Å². The molecule has 0 amide bonds. The second-order valence-corrected chi connectivity index (χ2v) is 5.31. The Morgan fingerprint density at radius 1 is 1.29 bits per heavy atom. The van der Waals surface area contributed by atoms with Crippen LogP contribution in [-0.4, -0.2) is 11.1 Å². The van der Waals surface area contributed by atoms with Crippen LogP contribution in [0.5, 0.6) is 0 Å². The lowest BCUT2D eigenvalue weighted by molar-refractivity contribution is -0.136. The van der Waals surface area contributed by atoms with Crippen LogP contribution >= 0.6 is 0 Å². The summed E-state index contributed by atoms with van der Waals surface area (Å²) in [7, 11) is 0. The summed E-state index contributed by atoms with van der Waals surface area (Å²) in [5, 5.41) is 9.42. The van der Waals surface area contributed by atoms with Crippen molar-refractivity contribution in [2.45, 2.75) is 32.1 Å². The van der Waals surface area contributed by atoms with Gasteiger partial charge in [-0.3, -0.25) is 9.59 Å². The number of fused-ring (bicyclic) bond motifs is 1. The van der Waals surface area contributed by atoms with Gasteiger partial charge in [0.25, 0.3) is 0 Å². The van der Waals surface area contributed by atoms with Gasteiger partial charge in [0.1, 0.15) is 11.3 Å². The van der Waals surface area contributed by atoms with Gasteiger partial charge in [-0.05, 0) is 37.3 Å². The van der Waals surface area contributed by atoms with Gasteiger partial charge in [0.15, 0.2) is 5.43 Å². The quantitative estimate of drug-likeness (QED) is 0.938. The van der Waals surface area contributed by atoms with Crippen LogP contribution in [0.15, 0.2) is 39.6 Å². The average Bonchev–Trinajstić information content (AvgIpc) is 2.48. The highest BCUT2D eigenvalue weighted by atomic mass is 16.4. The first-order chi connectivity index (χ1) is 10.1. The summed E-state index contributed by atoms with van der Waals surface area (Å²) < 4.78 is 5.88. The van der Waals surface area contributed by atoms with Crippen molar-refractivity contribution in [3.63, 3.8) is 0 Å². The van der Waals surface area contributed by atoms with E-state index in [1.54, 1.807) is 18.2 Å². The monoisotopic (exact) mass is 284 g/mol. The second-order valence-electron chi connectivity index (χ2n) is 5.31. The minimum Gasteiger partial charge on any atom is -0.481 e. The van der Waals surface area contributed by atoms with E-state index in [1.165, 1.54) is 6.07 Å². The predicted octanol–water partition coefficient (Wildman–Crippen LogP) is 3.38. The number of para-hydroxylation sites is 1. The Kier molecular flexibility index (Phi) is 3.60. The van der Waals surface area contributed by atoms with Gasteiger partial charge in [-0.15, -0.1) is 0 Å². The molecule has 3 rings (SSSR count). The minimum absolute atomic E-state index is 0.120. The van der Waals surface area contributed by atoms with Crippen LogP contribution in [-0.2, 0) is 11.2 Å². The Bertz CT molecular complexity index is 783. The van der Waals surface area contributed by atoms with E-state index in [0.717, 1.165) is 31.3 Å². The molecule has 1 heterocycles. The van der Waals surface area contributed by atoms with E-state index in [2.05, 4.69) is 6.08 Å². The van der Waals surface area contributed by atoms with E-state index >= 15 is 0 Å². The van der Waals surface area contributed by atoms with Gasteiger partial charge in [-0.2, -0.15) is 0 Å². The smallest absolute Gasteiger partial charge is 0.307 e. The van der Waals surface area contributed by atoms with Crippen molar-refractivity contribution >= 4 is 22.5 Å². The standard InChI is InChI=1S/C17H16O4/c18-14-10-15(11-5-2-1-3-6-11)21-17-12(9-16(19)20)7-4-8-13(14)17/h4-5,7-8,10H,1-3,6,9H2,(H,19,20). The molecule has 1 aromatic carbocycles.